The second-order valence-electron chi connectivity index (χ2n) is 13.6. The smallest absolute Gasteiger partial charge is 0.434 e. The Morgan fingerprint density at radius 2 is 1.10 bits per heavy atom. The molecule has 0 bridgehead atoms. The van der Waals surface area contributed by atoms with Crippen LogP contribution in [-0.2, 0) is 0 Å². The molecule has 9 aromatic carbocycles. The number of benzene rings is 9. The van der Waals surface area contributed by atoms with Crippen LogP contribution >= 0.6 is 0 Å². The van der Waals surface area contributed by atoms with E-state index in [2.05, 4.69) is 0 Å². The summed E-state index contributed by atoms with van der Waals surface area (Å²) >= 11 is 0. The van der Waals surface area contributed by atoms with E-state index in [0.29, 0.717) is 0 Å². The molecule has 0 unspecified atom stereocenters. The lowest BCUT2D eigenvalue weighted by Gasteiger charge is -2.33. The fourth-order valence-electron chi connectivity index (χ4n) is 7.65. The third kappa shape index (κ3) is 4.80. The van der Waals surface area contributed by atoms with E-state index in [1.165, 1.54) is 6.92 Å². The number of aromatic nitrogens is 1. The molecule has 60 heavy (non-hydrogen) atoms. The molecule has 2 aliphatic heterocycles. The predicted octanol–water partition coefficient (Wildman–Crippen LogP) is 13.3. The van der Waals surface area contributed by atoms with Gasteiger partial charge in [0.05, 0.1) is 53.5 Å². The van der Waals surface area contributed by atoms with Gasteiger partial charge in [-0.2, -0.15) is 0 Å². The normalized spacial score (nSPS) is 19.9. The van der Waals surface area contributed by atoms with Crippen LogP contribution in [-0.4, -0.2) is 11.5 Å². The second kappa shape index (κ2) is 12.6. The van der Waals surface area contributed by atoms with E-state index in [1.54, 1.807) is 0 Å². The van der Waals surface area contributed by atoms with Crippen molar-refractivity contribution >= 4 is 61.6 Å². The van der Waals surface area contributed by atoms with Gasteiger partial charge in [-0.1, -0.05) is 139 Å². The first-order chi connectivity index (χ1) is 42.6. The summed E-state index contributed by atoms with van der Waals surface area (Å²) in [4.78, 5) is 0. The van der Waals surface area contributed by atoms with E-state index in [0.717, 1.165) is 4.57 Å². The topological polar surface area (TPSA) is 36.5 Å². The van der Waals surface area contributed by atoms with E-state index >= 15 is 0 Å². The van der Waals surface area contributed by atoms with Gasteiger partial charge in [-0.05, 0) is 94.2 Å². The Bertz CT molecular complexity index is 5330. The number of ether oxygens (including phenoxy) is 1. The van der Waals surface area contributed by atoms with Crippen LogP contribution in [0.5, 0.6) is 17.2 Å². The van der Waals surface area contributed by atoms with Gasteiger partial charge >= 0.3 is 6.92 Å². The first-order valence-corrected chi connectivity index (χ1v) is 18.0. The Kier molecular flexibility index (Phi) is 3.18. The number of para-hydroxylation sites is 5. The van der Waals surface area contributed by atoms with E-state index in [-0.39, 0.29) is 5.56 Å². The van der Waals surface area contributed by atoms with E-state index in [9.17, 15) is 16.4 Å². The van der Waals surface area contributed by atoms with Crippen LogP contribution in [0.15, 0.2) is 192 Å². The van der Waals surface area contributed by atoms with E-state index in [1.807, 2.05) is 0 Å². The van der Waals surface area contributed by atoms with Gasteiger partial charge in [0.2, 0.25) is 0 Å². The molecule has 11 aromatic rings. The summed E-state index contributed by atoms with van der Waals surface area (Å²) in [5.41, 5.74) is -10.2. The maximum Gasteiger partial charge on any atom is 0.434 e. The Morgan fingerprint density at radius 3 is 1.93 bits per heavy atom. The Labute approximate surface area is 390 Å². The maximum absolute atomic E-state index is 10.1. The summed E-state index contributed by atoms with van der Waals surface area (Å²) in [6.45, 7) is -0.761. The molecule has 0 amide bonds. The molecule has 0 spiro atoms. The molecular weight excluding hydrogens is 733 g/mol. The van der Waals surface area contributed by atoms with Gasteiger partial charge in [0, 0.05) is 49.3 Å². The molecule has 2 aromatic heterocycles. The lowest BCUT2D eigenvalue weighted by Crippen LogP contribution is -2.53. The van der Waals surface area contributed by atoms with Gasteiger partial charge in [-0.25, -0.2) is 0 Å². The van der Waals surface area contributed by atoms with Gasteiger partial charge < -0.3 is 18.4 Å². The van der Waals surface area contributed by atoms with Crippen molar-refractivity contribution in [2.75, 3.05) is 0 Å². The number of hydrogen-bond acceptors (Lipinski definition) is 3. The molecule has 4 heterocycles. The summed E-state index contributed by atoms with van der Waals surface area (Å²) < 4.78 is 303. The zero-order chi connectivity index (χ0) is 66.5. The summed E-state index contributed by atoms with van der Waals surface area (Å²) in [5.74, 6) is -2.34. The average molecular weight is 799 g/mol. The molecule has 280 valence electrons. The Morgan fingerprint density at radius 1 is 0.467 bits per heavy atom. The van der Waals surface area contributed by atoms with Crippen LogP contribution in [0, 0.1) is 6.92 Å². The minimum Gasteiger partial charge on any atom is -0.551 e. The van der Waals surface area contributed by atoms with Crippen molar-refractivity contribution in [3.05, 3.63) is 193 Å². The monoisotopic (exact) mass is 798 g/mol. The van der Waals surface area contributed by atoms with Crippen molar-refractivity contribution in [3.63, 3.8) is 0 Å². The Balaban J connectivity index is 1.15. The molecule has 0 fully saturated rings. The third-order valence-corrected chi connectivity index (χ3v) is 10.3. The van der Waals surface area contributed by atoms with Gasteiger partial charge in [-0.3, -0.25) is 0 Å². The molecule has 13 rings (SSSR count). The Hall–Kier alpha value is -7.76. The SMILES string of the molecule is [2H]c1c([2H])c([2H])c2c(c1[2H])OB1c3c([2H])c([2H])c(-c4c([2H])c([2H])c(C)c(-n5c6c([2H])c([2H])c([2H])c([2H])c6c6c([2H])c([2H])c([2H])c([2H])c65)c4[2H])c([2H])c3Oc3c([2H])c(-c4c([2H])c([2H])c([2H])c([2H])c4-c4c([2H])c([2H])c([2H])c5c4oc4c([2H])c([2H])c([2H])c([2H])c45)c([2H])c-2c31. The molecule has 0 saturated heterocycles. The summed E-state index contributed by atoms with van der Waals surface area (Å²) in [5, 5.41) is -1.79. The summed E-state index contributed by atoms with van der Waals surface area (Å²) in [7, 11) is 0. The van der Waals surface area contributed by atoms with Crippen LogP contribution in [0.3, 0.4) is 0 Å². The summed E-state index contributed by atoms with van der Waals surface area (Å²) in [6.07, 6.45) is 0. The van der Waals surface area contributed by atoms with E-state index < -0.39 is 316 Å². The highest BCUT2D eigenvalue weighted by atomic mass is 16.5. The van der Waals surface area contributed by atoms with Crippen molar-refractivity contribution < 1.29 is 56.3 Å². The highest BCUT2D eigenvalue weighted by molar-refractivity contribution is 6.84. The molecule has 0 atom stereocenters. The molecule has 0 radical (unpaired) electrons. The van der Waals surface area contributed by atoms with Crippen LogP contribution in [0.1, 0.15) is 48.1 Å². The number of hydrogen-bond donors (Lipinski definition) is 0. The first kappa shape index (κ1) is 15.1. The molecule has 0 N–H and O–H groups in total. The minimum absolute atomic E-state index is 0.286. The molecule has 5 heteroatoms. The standard InChI is InChI=1S/C55H34BNO3/c1-33-25-26-34(30-49(33)57-47-21-8-4-15-39(47)40-16-5-9-22-48(40)57)35-27-28-46-52(31-35)58-53-32-36(29-45-42-18-7-11-24-51(42)60-56(46)54(45)53)37-13-2-3-14-38(37)43-19-12-20-44-41-17-6-10-23-50(41)59-55(43)44/h2-32H,1H3/i2D,3D,4D,5D,6D,7D,8D,9D,10D,11D,12D,13D,14D,15D,16D,17D,18D,19D,20D,21D,22D,23D,24D,25D,26D,27D,28D,29D,30D,31D,32D. The highest BCUT2D eigenvalue weighted by Gasteiger charge is 2.41. The zero-order valence-corrected chi connectivity index (χ0v) is 30.2. The predicted molar refractivity (Wildman–Crippen MR) is 247 cm³/mol. The van der Waals surface area contributed by atoms with Gasteiger partial charge in [-0.15, -0.1) is 0 Å². The van der Waals surface area contributed by atoms with Gasteiger partial charge in [0.1, 0.15) is 28.4 Å². The lowest BCUT2D eigenvalue weighted by molar-refractivity contribution is 0.480. The van der Waals surface area contributed by atoms with Crippen molar-refractivity contribution in [2.24, 2.45) is 0 Å². The quantitative estimate of drug-likeness (QED) is 0.166. The second-order valence-corrected chi connectivity index (χ2v) is 13.6. The average Bonchev–Trinajstić information content (AvgIpc) is 1.23. The van der Waals surface area contributed by atoms with Crippen molar-refractivity contribution in [2.45, 2.75) is 6.92 Å². The fourth-order valence-corrected chi connectivity index (χ4v) is 7.65. The molecule has 2 aliphatic rings. The zero-order valence-electron chi connectivity index (χ0n) is 61.2. The number of rotatable bonds is 4. The van der Waals surface area contributed by atoms with Crippen LogP contribution in [0.4, 0.5) is 0 Å². The summed E-state index contributed by atoms with van der Waals surface area (Å²) in [6, 6.07) is -27.3. The first-order valence-electron chi connectivity index (χ1n) is 33.5. The van der Waals surface area contributed by atoms with Gasteiger partial charge in [0.25, 0.3) is 0 Å². The number of nitrogens with zero attached hydrogens (tertiary/aromatic N) is 1. The number of furan rings is 1. The largest absolute Gasteiger partial charge is 0.551 e. The molecule has 0 saturated carbocycles. The van der Waals surface area contributed by atoms with Crippen molar-refractivity contribution in [1.29, 1.82) is 0 Å². The van der Waals surface area contributed by atoms with Gasteiger partial charge in [0.15, 0.2) is 0 Å². The van der Waals surface area contributed by atoms with E-state index in [4.69, 9.17) is 39.9 Å². The number of fused-ring (bicyclic) bond motifs is 10. The van der Waals surface area contributed by atoms with Crippen LogP contribution in [0.2, 0.25) is 0 Å². The molecule has 4 nitrogen and oxygen atoms in total. The molecular formula is C55H34BNO3. The van der Waals surface area contributed by atoms with Crippen LogP contribution < -0.4 is 20.3 Å². The van der Waals surface area contributed by atoms with Crippen molar-refractivity contribution in [1.82, 2.24) is 4.57 Å². The highest BCUT2D eigenvalue weighted by Crippen LogP contribution is 2.45. The maximum atomic E-state index is 10.1. The van der Waals surface area contributed by atoms with Crippen LogP contribution in [0.25, 0.3) is 93.9 Å². The minimum atomic E-state index is -2.00. The fraction of sp³-hybridized carbons (Fsp3) is 0.0182. The lowest BCUT2D eigenvalue weighted by atomic mass is 9.50. The van der Waals surface area contributed by atoms with Crippen molar-refractivity contribution in [3.8, 4) is 67.4 Å². The third-order valence-electron chi connectivity index (χ3n) is 10.3. The molecule has 0 aliphatic carbocycles.